The molecule has 0 aliphatic carbocycles. The molecule has 9 nitrogen and oxygen atoms in total. The molecular formula is C28H38F2N4O5. The first-order valence-electron chi connectivity index (χ1n) is 13.1. The first-order chi connectivity index (χ1) is 18.5. The molecule has 1 heterocycles. The number of rotatable bonds is 15. The Morgan fingerprint density at radius 1 is 0.949 bits per heavy atom. The zero-order chi connectivity index (χ0) is 28.9. The summed E-state index contributed by atoms with van der Waals surface area (Å²) in [7, 11) is 0. The third kappa shape index (κ3) is 10.7. The fraction of sp³-hybridized carbons (Fsp3) is 0.500. The van der Waals surface area contributed by atoms with Crippen molar-refractivity contribution in [3.8, 4) is 0 Å². The summed E-state index contributed by atoms with van der Waals surface area (Å²) in [4.78, 5) is 41.6. The average molecular weight is 549 g/mol. The van der Waals surface area contributed by atoms with Gasteiger partial charge in [-0.3, -0.25) is 19.4 Å². The lowest BCUT2D eigenvalue weighted by Gasteiger charge is -2.32. The number of nitrogens with one attached hydrogen (secondary N) is 3. The van der Waals surface area contributed by atoms with Gasteiger partial charge in [-0.15, -0.1) is 0 Å². The molecule has 0 radical (unpaired) electrons. The van der Waals surface area contributed by atoms with E-state index < -0.39 is 59.7 Å². The van der Waals surface area contributed by atoms with E-state index in [0.717, 1.165) is 31.4 Å². The Morgan fingerprint density at radius 2 is 1.64 bits per heavy atom. The molecule has 0 bridgehead atoms. The second-order valence-corrected chi connectivity index (χ2v) is 9.66. The summed E-state index contributed by atoms with van der Waals surface area (Å²) in [6.07, 6.45) is 1.75. The minimum Gasteiger partial charge on any atom is -0.388 e. The molecule has 0 saturated carbocycles. The lowest BCUT2D eigenvalue weighted by Crippen LogP contribution is -2.58. The van der Waals surface area contributed by atoms with Crippen molar-refractivity contribution in [1.82, 2.24) is 20.9 Å². The van der Waals surface area contributed by atoms with Gasteiger partial charge >= 0.3 is 0 Å². The Hall–Kier alpha value is -3.44. The highest BCUT2D eigenvalue weighted by molar-refractivity contribution is 5.96. The number of carbonyl (C=O) groups is 3. The third-order valence-corrected chi connectivity index (χ3v) is 6.28. The van der Waals surface area contributed by atoms with E-state index in [9.17, 15) is 33.4 Å². The van der Waals surface area contributed by atoms with Gasteiger partial charge in [0.1, 0.15) is 35.6 Å². The molecule has 2 rings (SSSR count). The molecule has 5 atom stereocenters. The normalized spacial score (nSPS) is 14.9. The van der Waals surface area contributed by atoms with Crippen molar-refractivity contribution in [2.24, 2.45) is 0 Å². The number of unbranched alkanes of at least 4 members (excludes halogenated alkanes) is 3. The number of aliphatic hydroxyl groups is 2. The van der Waals surface area contributed by atoms with Crippen LogP contribution in [0.4, 0.5) is 8.78 Å². The number of hydrogen-bond acceptors (Lipinski definition) is 6. The van der Waals surface area contributed by atoms with Crippen LogP contribution in [0.25, 0.3) is 0 Å². The predicted molar refractivity (Wildman–Crippen MR) is 142 cm³/mol. The molecule has 0 spiro atoms. The van der Waals surface area contributed by atoms with Crippen LogP contribution in [0.1, 0.15) is 68.9 Å². The van der Waals surface area contributed by atoms with Crippen molar-refractivity contribution >= 4 is 17.7 Å². The minimum atomic E-state index is -1.63. The fourth-order valence-electron chi connectivity index (χ4n) is 4.24. The van der Waals surface area contributed by atoms with E-state index in [1.54, 1.807) is 12.1 Å². The first-order valence-corrected chi connectivity index (χ1v) is 13.1. The van der Waals surface area contributed by atoms with Crippen LogP contribution < -0.4 is 16.0 Å². The van der Waals surface area contributed by atoms with E-state index >= 15 is 0 Å². The summed E-state index contributed by atoms with van der Waals surface area (Å²) in [6, 6.07) is 4.51. The maximum absolute atomic E-state index is 13.9. The molecule has 0 aliphatic heterocycles. The van der Waals surface area contributed by atoms with Crippen LogP contribution in [0.5, 0.6) is 0 Å². The number of nitrogens with zero attached hydrogens (tertiary/aromatic N) is 1. The van der Waals surface area contributed by atoms with Crippen LogP contribution in [-0.2, 0) is 16.0 Å². The topological polar surface area (TPSA) is 141 Å². The molecule has 0 saturated heterocycles. The van der Waals surface area contributed by atoms with Crippen molar-refractivity contribution in [2.75, 3.05) is 0 Å². The van der Waals surface area contributed by atoms with Gasteiger partial charge in [-0.05, 0) is 49.6 Å². The van der Waals surface area contributed by atoms with E-state index in [2.05, 4.69) is 20.9 Å². The standard InChI is InChI=1S/C28H38F2N4O5/c1-4-5-6-7-11-23(33-27(38)22-10-8-9-12-31-22)28(39)34-24(15-19-13-20(29)16-21(30)14-19)26(37)25(36)17(2)32-18(3)35/h8-10,12-14,16-17,23-26,36-37H,4-7,11,15H2,1-3H3,(H,32,35)(H,33,38)(H,34,39)/t17-,23-,24+,25-,26-/m1/s1. The summed E-state index contributed by atoms with van der Waals surface area (Å²) in [5.74, 6) is -3.32. The summed E-state index contributed by atoms with van der Waals surface area (Å²) in [5.41, 5.74) is 0.253. The van der Waals surface area contributed by atoms with Gasteiger partial charge in [-0.2, -0.15) is 0 Å². The molecule has 0 fully saturated rings. The molecule has 39 heavy (non-hydrogen) atoms. The zero-order valence-electron chi connectivity index (χ0n) is 22.5. The Morgan fingerprint density at radius 3 is 2.23 bits per heavy atom. The van der Waals surface area contributed by atoms with Crippen LogP contribution in [0, 0.1) is 11.6 Å². The van der Waals surface area contributed by atoms with Gasteiger partial charge in [0, 0.05) is 19.2 Å². The monoisotopic (exact) mass is 548 g/mol. The number of aromatic nitrogens is 1. The molecule has 0 unspecified atom stereocenters. The number of aliphatic hydroxyl groups excluding tert-OH is 2. The molecule has 214 valence electrons. The molecule has 5 N–H and O–H groups in total. The quantitative estimate of drug-likeness (QED) is 0.217. The van der Waals surface area contributed by atoms with Crippen LogP contribution >= 0.6 is 0 Å². The molecule has 3 amide bonds. The fourth-order valence-corrected chi connectivity index (χ4v) is 4.24. The first kappa shape index (κ1) is 31.8. The molecule has 1 aromatic carbocycles. The lowest BCUT2D eigenvalue weighted by atomic mass is 9.94. The van der Waals surface area contributed by atoms with Gasteiger partial charge in [0.05, 0.1) is 12.1 Å². The SMILES string of the molecule is CCCCCC[C@@H](NC(=O)c1ccccn1)C(=O)N[C@@H](Cc1cc(F)cc(F)c1)[C@@H](O)[C@H](O)[C@@H](C)NC(C)=O. The van der Waals surface area contributed by atoms with Gasteiger partial charge in [-0.25, -0.2) is 8.78 Å². The Labute approximate surface area is 227 Å². The van der Waals surface area contributed by atoms with Gasteiger partial charge < -0.3 is 26.2 Å². The maximum atomic E-state index is 13.9. The van der Waals surface area contributed by atoms with Crippen molar-refractivity contribution in [3.05, 3.63) is 65.5 Å². The highest BCUT2D eigenvalue weighted by atomic mass is 19.1. The summed E-state index contributed by atoms with van der Waals surface area (Å²) >= 11 is 0. The van der Waals surface area contributed by atoms with Gasteiger partial charge in [-0.1, -0.05) is 38.7 Å². The van der Waals surface area contributed by atoms with Crippen molar-refractivity contribution in [2.45, 2.75) is 89.6 Å². The summed E-state index contributed by atoms with van der Waals surface area (Å²) in [5, 5.41) is 29.5. The van der Waals surface area contributed by atoms with E-state index in [-0.39, 0.29) is 17.7 Å². The average Bonchev–Trinajstić information content (AvgIpc) is 2.88. The molecule has 1 aromatic heterocycles. The van der Waals surface area contributed by atoms with Crippen molar-refractivity contribution in [3.63, 3.8) is 0 Å². The number of halogens is 2. The van der Waals surface area contributed by atoms with E-state index in [1.807, 2.05) is 6.92 Å². The number of benzene rings is 1. The number of hydrogen-bond donors (Lipinski definition) is 5. The second-order valence-electron chi connectivity index (χ2n) is 9.66. The second kappa shape index (κ2) is 15.8. The van der Waals surface area contributed by atoms with E-state index in [0.29, 0.717) is 18.9 Å². The van der Waals surface area contributed by atoms with Crippen LogP contribution in [0.3, 0.4) is 0 Å². The number of carbonyl (C=O) groups excluding carboxylic acids is 3. The van der Waals surface area contributed by atoms with Crippen molar-refractivity contribution in [1.29, 1.82) is 0 Å². The lowest BCUT2D eigenvalue weighted by molar-refractivity contribution is -0.126. The summed E-state index contributed by atoms with van der Waals surface area (Å²) < 4.78 is 27.7. The minimum absolute atomic E-state index is 0.121. The van der Waals surface area contributed by atoms with E-state index in [1.165, 1.54) is 26.1 Å². The highest BCUT2D eigenvalue weighted by Crippen LogP contribution is 2.16. The number of amides is 3. The van der Waals surface area contributed by atoms with Gasteiger partial charge in [0.25, 0.3) is 5.91 Å². The van der Waals surface area contributed by atoms with Crippen molar-refractivity contribution < 1.29 is 33.4 Å². The van der Waals surface area contributed by atoms with Gasteiger partial charge in [0.2, 0.25) is 11.8 Å². The zero-order valence-corrected chi connectivity index (χ0v) is 22.5. The Bertz CT molecular complexity index is 1070. The van der Waals surface area contributed by atoms with Crippen LogP contribution in [0.2, 0.25) is 0 Å². The molecule has 2 aromatic rings. The smallest absolute Gasteiger partial charge is 0.270 e. The van der Waals surface area contributed by atoms with Crippen LogP contribution in [-0.4, -0.2) is 63.3 Å². The maximum Gasteiger partial charge on any atom is 0.270 e. The molecular weight excluding hydrogens is 510 g/mol. The summed E-state index contributed by atoms with van der Waals surface area (Å²) in [6.45, 7) is 4.76. The number of pyridine rings is 1. The van der Waals surface area contributed by atoms with Crippen LogP contribution in [0.15, 0.2) is 42.6 Å². The highest BCUT2D eigenvalue weighted by Gasteiger charge is 2.34. The predicted octanol–water partition coefficient (Wildman–Crippen LogP) is 2.40. The Balaban J connectivity index is 2.29. The van der Waals surface area contributed by atoms with Gasteiger partial charge in [0.15, 0.2) is 0 Å². The third-order valence-electron chi connectivity index (χ3n) is 6.28. The molecule has 11 heteroatoms. The Kier molecular flexibility index (Phi) is 12.9. The largest absolute Gasteiger partial charge is 0.388 e. The molecule has 0 aliphatic rings. The van der Waals surface area contributed by atoms with E-state index in [4.69, 9.17) is 0 Å².